The Morgan fingerprint density at radius 3 is 2.50 bits per heavy atom. The minimum absolute atomic E-state index is 0.248. The standard InChI is InChI=1S/C19H21N3O2/c23-18-19(24,14-15-8-10-20-11-9-15)16-6-2-3-7-17(16)22(18)21-12-4-1-5-13-21/h2-3,6-11,24H,1,4-5,12-14H2. The van der Waals surface area contributed by atoms with Crippen LogP contribution < -0.4 is 5.01 Å². The second-order valence-electron chi connectivity index (χ2n) is 6.54. The zero-order chi connectivity index (χ0) is 16.6. The zero-order valence-corrected chi connectivity index (χ0v) is 13.6. The van der Waals surface area contributed by atoms with Crippen LogP contribution in [0.1, 0.15) is 30.4 Å². The molecule has 1 saturated heterocycles. The van der Waals surface area contributed by atoms with Gasteiger partial charge in [0.05, 0.1) is 5.69 Å². The van der Waals surface area contributed by atoms with Gasteiger partial charge in [-0.25, -0.2) is 10.0 Å². The maximum atomic E-state index is 13.2. The van der Waals surface area contributed by atoms with E-state index in [1.807, 2.05) is 36.4 Å². The fourth-order valence-corrected chi connectivity index (χ4v) is 3.73. The topological polar surface area (TPSA) is 56.7 Å². The molecule has 24 heavy (non-hydrogen) atoms. The summed E-state index contributed by atoms with van der Waals surface area (Å²) in [6, 6.07) is 11.3. The van der Waals surface area contributed by atoms with Crippen LogP contribution in [-0.2, 0) is 16.8 Å². The molecule has 1 atom stereocenters. The van der Waals surface area contributed by atoms with E-state index in [9.17, 15) is 9.90 Å². The van der Waals surface area contributed by atoms with Crippen molar-refractivity contribution < 1.29 is 9.90 Å². The minimum Gasteiger partial charge on any atom is -0.375 e. The van der Waals surface area contributed by atoms with E-state index in [1.54, 1.807) is 17.4 Å². The molecule has 1 amide bonds. The highest BCUT2D eigenvalue weighted by atomic mass is 16.3. The Hall–Kier alpha value is -2.24. The summed E-state index contributed by atoms with van der Waals surface area (Å²) in [5, 5.41) is 15.1. The Balaban J connectivity index is 1.74. The molecule has 0 aliphatic carbocycles. The molecule has 4 rings (SSSR count). The summed E-state index contributed by atoms with van der Waals surface area (Å²) < 4.78 is 0. The first-order chi connectivity index (χ1) is 11.7. The molecule has 2 aliphatic rings. The van der Waals surface area contributed by atoms with Crippen LogP contribution in [0.4, 0.5) is 5.69 Å². The number of rotatable bonds is 3. The summed E-state index contributed by atoms with van der Waals surface area (Å²) in [4.78, 5) is 17.2. The van der Waals surface area contributed by atoms with Crippen molar-refractivity contribution in [1.29, 1.82) is 0 Å². The number of hydrazine groups is 1. The Bertz CT molecular complexity index is 743. The molecule has 5 heteroatoms. The number of anilines is 1. The van der Waals surface area contributed by atoms with Gasteiger partial charge in [-0.15, -0.1) is 0 Å². The number of aromatic nitrogens is 1. The fourth-order valence-electron chi connectivity index (χ4n) is 3.73. The zero-order valence-electron chi connectivity index (χ0n) is 13.6. The van der Waals surface area contributed by atoms with E-state index in [1.165, 1.54) is 6.42 Å². The van der Waals surface area contributed by atoms with Crippen molar-refractivity contribution in [1.82, 2.24) is 9.99 Å². The van der Waals surface area contributed by atoms with Crippen LogP contribution in [0.3, 0.4) is 0 Å². The number of piperidine rings is 1. The third-order valence-electron chi connectivity index (χ3n) is 4.95. The first-order valence-corrected chi connectivity index (χ1v) is 8.50. The predicted octanol–water partition coefficient (Wildman–Crippen LogP) is 2.26. The highest BCUT2D eigenvalue weighted by molar-refractivity contribution is 6.06. The number of hydrogen-bond donors (Lipinski definition) is 1. The lowest BCUT2D eigenvalue weighted by molar-refractivity contribution is -0.139. The molecule has 3 heterocycles. The quantitative estimate of drug-likeness (QED) is 0.941. The average molecular weight is 323 g/mol. The van der Waals surface area contributed by atoms with Crippen LogP contribution >= 0.6 is 0 Å². The summed E-state index contributed by atoms with van der Waals surface area (Å²) >= 11 is 0. The number of aliphatic hydroxyl groups is 1. The van der Waals surface area contributed by atoms with Gasteiger partial charge in [-0.3, -0.25) is 9.78 Å². The number of benzene rings is 1. The normalized spacial score (nSPS) is 24.2. The van der Waals surface area contributed by atoms with Gasteiger partial charge in [-0.05, 0) is 36.6 Å². The minimum atomic E-state index is -1.52. The van der Waals surface area contributed by atoms with Gasteiger partial charge >= 0.3 is 0 Å². The Morgan fingerprint density at radius 1 is 1.04 bits per heavy atom. The maximum Gasteiger partial charge on any atom is 0.278 e. The summed E-state index contributed by atoms with van der Waals surface area (Å²) in [6.07, 6.45) is 6.99. The van der Waals surface area contributed by atoms with Crippen LogP contribution in [0, 0.1) is 0 Å². The van der Waals surface area contributed by atoms with E-state index >= 15 is 0 Å². The molecule has 124 valence electrons. The van der Waals surface area contributed by atoms with Gasteiger partial charge in [0.2, 0.25) is 0 Å². The summed E-state index contributed by atoms with van der Waals surface area (Å²) in [5.74, 6) is -0.248. The lowest BCUT2D eigenvalue weighted by Crippen LogP contribution is -2.52. The fraction of sp³-hybridized carbons (Fsp3) is 0.368. The molecule has 1 N–H and O–H groups in total. The number of para-hydroxylation sites is 1. The van der Waals surface area contributed by atoms with Gasteiger partial charge < -0.3 is 5.11 Å². The summed E-state index contributed by atoms with van der Waals surface area (Å²) in [7, 11) is 0. The second-order valence-corrected chi connectivity index (χ2v) is 6.54. The molecule has 1 aromatic heterocycles. The van der Waals surface area contributed by atoms with Crippen LogP contribution in [0.15, 0.2) is 48.8 Å². The van der Waals surface area contributed by atoms with E-state index in [2.05, 4.69) is 9.99 Å². The Labute approximate surface area is 141 Å². The Kier molecular flexibility index (Phi) is 3.82. The first kappa shape index (κ1) is 15.3. The number of carbonyl (C=O) groups excluding carboxylic acids is 1. The van der Waals surface area contributed by atoms with Gasteiger partial charge in [-0.1, -0.05) is 24.6 Å². The molecule has 1 unspecified atom stereocenters. The van der Waals surface area contributed by atoms with E-state index in [4.69, 9.17) is 0 Å². The number of hydrogen-bond acceptors (Lipinski definition) is 4. The third-order valence-corrected chi connectivity index (χ3v) is 4.95. The highest BCUT2D eigenvalue weighted by Gasteiger charge is 2.51. The van der Waals surface area contributed by atoms with Crippen molar-refractivity contribution in [2.24, 2.45) is 0 Å². The largest absolute Gasteiger partial charge is 0.375 e. The van der Waals surface area contributed by atoms with Gasteiger partial charge in [0.1, 0.15) is 0 Å². The number of amides is 1. The molecule has 0 spiro atoms. The van der Waals surface area contributed by atoms with Crippen molar-refractivity contribution in [2.45, 2.75) is 31.3 Å². The lowest BCUT2D eigenvalue weighted by Gasteiger charge is -2.35. The molecule has 0 saturated carbocycles. The molecule has 1 fully saturated rings. The van der Waals surface area contributed by atoms with E-state index in [0.717, 1.165) is 37.2 Å². The third kappa shape index (κ3) is 2.41. The van der Waals surface area contributed by atoms with Crippen molar-refractivity contribution >= 4 is 11.6 Å². The van der Waals surface area contributed by atoms with Crippen molar-refractivity contribution in [3.05, 3.63) is 59.9 Å². The van der Waals surface area contributed by atoms with Gasteiger partial charge in [-0.2, -0.15) is 0 Å². The SMILES string of the molecule is O=C1N(N2CCCCC2)c2ccccc2C1(O)Cc1ccncc1. The number of fused-ring (bicyclic) bond motifs is 1. The number of nitrogens with zero attached hydrogens (tertiary/aromatic N) is 3. The molecule has 0 bridgehead atoms. The molecular formula is C19H21N3O2. The smallest absolute Gasteiger partial charge is 0.278 e. The molecule has 2 aromatic rings. The van der Waals surface area contributed by atoms with Crippen molar-refractivity contribution in [3.8, 4) is 0 Å². The monoisotopic (exact) mass is 323 g/mol. The number of carbonyl (C=O) groups is 1. The lowest BCUT2D eigenvalue weighted by atomic mass is 9.89. The number of pyridine rings is 1. The average Bonchev–Trinajstić information content (AvgIpc) is 2.85. The highest BCUT2D eigenvalue weighted by Crippen LogP contribution is 2.43. The first-order valence-electron chi connectivity index (χ1n) is 8.50. The van der Waals surface area contributed by atoms with Crippen molar-refractivity contribution in [3.63, 3.8) is 0 Å². The summed E-state index contributed by atoms with van der Waals surface area (Å²) in [6.45, 7) is 1.71. The predicted molar refractivity (Wildman–Crippen MR) is 91.2 cm³/mol. The van der Waals surface area contributed by atoms with Gasteiger partial charge in [0, 0.05) is 37.5 Å². The van der Waals surface area contributed by atoms with Crippen molar-refractivity contribution in [2.75, 3.05) is 18.1 Å². The molecule has 1 aromatic carbocycles. The van der Waals surface area contributed by atoms with Gasteiger partial charge in [0.25, 0.3) is 5.91 Å². The Morgan fingerprint density at radius 2 is 1.75 bits per heavy atom. The molecule has 5 nitrogen and oxygen atoms in total. The summed E-state index contributed by atoms with van der Waals surface area (Å²) in [5.41, 5.74) is 0.879. The molecular weight excluding hydrogens is 302 g/mol. The maximum absolute atomic E-state index is 13.2. The van der Waals surface area contributed by atoms with Crippen LogP contribution in [0.5, 0.6) is 0 Å². The second kappa shape index (κ2) is 6.00. The van der Waals surface area contributed by atoms with Crippen LogP contribution in [-0.4, -0.2) is 34.1 Å². The van der Waals surface area contributed by atoms with E-state index in [0.29, 0.717) is 5.56 Å². The van der Waals surface area contributed by atoms with Crippen LogP contribution in [0.2, 0.25) is 0 Å². The van der Waals surface area contributed by atoms with E-state index < -0.39 is 5.60 Å². The van der Waals surface area contributed by atoms with Crippen LogP contribution in [0.25, 0.3) is 0 Å². The molecule has 0 radical (unpaired) electrons. The van der Waals surface area contributed by atoms with Gasteiger partial charge in [0.15, 0.2) is 5.60 Å². The van der Waals surface area contributed by atoms with E-state index in [-0.39, 0.29) is 12.3 Å². The molecule has 2 aliphatic heterocycles.